The van der Waals surface area contributed by atoms with E-state index in [1.54, 1.807) is 0 Å². The molecule has 14 heavy (non-hydrogen) atoms. The maximum Gasteiger partial charge on any atom is 0.305 e. The Kier molecular flexibility index (Phi) is 5.20. The number of hydrogen-bond donors (Lipinski definition) is 2. The van der Waals surface area contributed by atoms with Gasteiger partial charge in [0.05, 0.1) is 6.42 Å². The van der Waals surface area contributed by atoms with Crippen LogP contribution in [-0.4, -0.2) is 11.1 Å². The lowest BCUT2D eigenvalue weighted by Gasteiger charge is -2.09. The summed E-state index contributed by atoms with van der Waals surface area (Å²) in [6.07, 6.45) is -0.0244. The smallest absolute Gasteiger partial charge is 0.305 e. The highest BCUT2D eigenvalue weighted by Crippen LogP contribution is 2.14. The van der Waals surface area contributed by atoms with Crippen LogP contribution in [0.15, 0.2) is 24.3 Å². The third-order valence-electron chi connectivity index (χ3n) is 1.86. The molecule has 0 unspecified atom stereocenters. The van der Waals surface area contributed by atoms with E-state index in [0.29, 0.717) is 0 Å². The quantitative estimate of drug-likeness (QED) is 0.810. The van der Waals surface area contributed by atoms with E-state index in [-0.39, 0.29) is 18.8 Å². The molecule has 0 aliphatic carbocycles. The van der Waals surface area contributed by atoms with Gasteiger partial charge in [-0.3, -0.25) is 4.79 Å². The zero-order valence-corrected chi connectivity index (χ0v) is 8.75. The molecule has 1 atom stereocenters. The molecule has 3 nitrogen and oxygen atoms in total. The average molecular weight is 216 g/mol. The van der Waals surface area contributed by atoms with Gasteiger partial charge in [-0.2, -0.15) is 0 Å². The molecule has 0 aliphatic rings. The van der Waals surface area contributed by atoms with Crippen molar-refractivity contribution in [1.82, 2.24) is 0 Å². The maximum absolute atomic E-state index is 10.4. The van der Waals surface area contributed by atoms with Gasteiger partial charge in [-0.15, -0.1) is 12.4 Å². The molecule has 0 radical (unpaired) electrons. The summed E-state index contributed by atoms with van der Waals surface area (Å²) in [6, 6.07) is 7.19. The van der Waals surface area contributed by atoms with Gasteiger partial charge in [0, 0.05) is 6.04 Å². The summed E-state index contributed by atoms with van der Waals surface area (Å²) in [6.45, 7) is 1.96. The van der Waals surface area contributed by atoms with Gasteiger partial charge in [-0.05, 0) is 12.5 Å². The van der Waals surface area contributed by atoms with Crippen LogP contribution in [-0.2, 0) is 4.79 Å². The molecular formula is C10H14ClNO2. The largest absolute Gasteiger partial charge is 0.481 e. The first kappa shape index (κ1) is 12.9. The second-order valence-corrected chi connectivity index (χ2v) is 3.12. The molecule has 1 rings (SSSR count). The van der Waals surface area contributed by atoms with Gasteiger partial charge in [0.1, 0.15) is 0 Å². The minimum Gasteiger partial charge on any atom is -0.481 e. The van der Waals surface area contributed by atoms with Crippen LogP contribution >= 0.6 is 12.4 Å². The van der Waals surface area contributed by atoms with Crippen LogP contribution in [0.1, 0.15) is 23.6 Å². The Morgan fingerprint density at radius 2 is 2.21 bits per heavy atom. The van der Waals surface area contributed by atoms with E-state index < -0.39 is 12.0 Å². The molecule has 0 aromatic heterocycles. The van der Waals surface area contributed by atoms with Crippen LogP contribution in [0.2, 0.25) is 0 Å². The van der Waals surface area contributed by atoms with Gasteiger partial charge in [0.25, 0.3) is 0 Å². The van der Waals surface area contributed by atoms with Gasteiger partial charge in [0.15, 0.2) is 0 Å². The predicted octanol–water partition coefficient (Wildman–Crippen LogP) is 1.89. The lowest BCUT2D eigenvalue weighted by atomic mass is 10.0. The Hall–Kier alpha value is -1.06. The number of aryl methyl sites for hydroxylation is 1. The van der Waals surface area contributed by atoms with E-state index in [2.05, 4.69) is 0 Å². The topological polar surface area (TPSA) is 63.3 Å². The van der Waals surface area contributed by atoms with Gasteiger partial charge in [0.2, 0.25) is 0 Å². The monoisotopic (exact) mass is 215 g/mol. The van der Waals surface area contributed by atoms with Crippen LogP contribution in [0.4, 0.5) is 0 Å². The molecule has 0 spiro atoms. The summed E-state index contributed by atoms with van der Waals surface area (Å²) in [5.74, 6) is -0.867. The van der Waals surface area contributed by atoms with E-state index >= 15 is 0 Å². The Labute approximate surface area is 89.3 Å². The van der Waals surface area contributed by atoms with Crippen molar-refractivity contribution in [2.45, 2.75) is 19.4 Å². The molecule has 0 saturated carbocycles. The molecule has 1 aromatic rings. The lowest BCUT2D eigenvalue weighted by Crippen LogP contribution is -2.14. The number of hydrogen-bond acceptors (Lipinski definition) is 2. The van der Waals surface area contributed by atoms with E-state index in [1.807, 2.05) is 31.2 Å². The molecule has 0 heterocycles. The third-order valence-corrected chi connectivity index (χ3v) is 1.86. The highest BCUT2D eigenvalue weighted by atomic mass is 35.5. The van der Waals surface area contributed by atoms with E-state index in [1.165, 1.54) is 0 Å². The normalized spacial score (nSPS) is 11.6. The third kappa shape index (κ3) is 3.77. The van der Waals surface area contributed by atoms with Crippen molar-refractivity contribution in [2.24, 2.45) is 5.73 Å². The SMILES string of the molecule is Cc1cccc([C@@H](N)CC(=O)O)c1.Cl. The second kappa shape index (κ2) is 5.62. The molecule has 0 bridgehead atoms. The summed E-state index contributed by atoms with van der Waals surface area (Å²) < 4.78 is 0. The number of benzene rings is 1. The molecular weight excluding hydrogens is 202 g/mol. The molecule has 0 aliphatic heterocycles. The number of rotatable bonds is 3. The highest BCUT2D eigenvalue weighted by molar-refractivity contribution is 5.85. The standard InChI is InChI=1S/C10H13NO2.ClH/c1-7-3-2-4-8(5-7)9(11)6-10(12)13;/h2-5,9H,6,11H2,1H3,(H,12,13);1H/t9-;/m0./s1. The molecule has 0 fully saturated rings. The molecule has 4 heteroatoms. The van der Waals surface area contributed by atoms with Gasteiger partial charge >= 0.3 is 5.97 Å². The van der Waals surface area contributed by atoms with E-state index in [0.717, 1.165) is 11.1 Å². The summed E-state index contributed by atoms with van der Waals surface area (Å²) >= 11 is 0. The minimum atomic E-state index is -0.867. The first-order chi connectivity index (χ1) is 6.09. The fraction of sp³-hybridized carbons (Fsp3) is 0.300. The molecule has 0 amide bonds. The second-order valence-electron chi connectivity index (χ2n) is 3.12. The average Bonchev–Trinajstić information content (AvgIpc) is 2.03. The first-order valence-corrected chi connectivity index (χ1v) is 4.13. The van der Waals surface area contributed by atoms with Crippen LogP contribution in [0.3, 0.4) is 0 Å². The van der Waals surface area contributed by atoms with Gasteiger partial charge in [-0.25, -0.2) is 0 Å². The number of carboxylic acid groups (broad SMARTS) is 1. The number of halogens is 1. The Morgan fingerprint density at radius 1 is 1.57 bits per heavy atom. The Morgan fingerprint density at radius 3 is 2.71 bits per heavy atom. The minimum absolute atomic E-state index is 0. The van der Waals surface area contributed by atoms with Crippen molar-refractivity contribution in [3.05, 3.63) is 35.4 Å². The van der Waals surface area contributed by atoms with Crippen LogP contribution in [0.5, 0.6) is 0 Å². The van der Waals surface area contributed by atoms with Crippen LogP contribution < -0.4 is 5.73 Å². The van der Waals surface area contributed by atoms with Crippen molar-refractivity contribution >= 4 is 18.4 Å². The first-order valence-electron chi connectivity index (χ1n) is 4.13. The van der Waals surface area contributed by atoms with Gasteiger partial charge < -0.3 is 10.8 Å². The van der Waals surface area contributed by atoms with Crippen molar-refractivity contribution in [3.8, 4) is 0 Å². The van der Waals surface area contributed by atoms with E-state index in [4.69, 9.17) is 10.8 Å². The summed E-state index contributed by atoms with van der Waals surface area (Å²) in [5.41, 5.74) is 7.66. The summed E-state index contributed by atoms with van der Waals surface area (Å²) in [5, 5.41) is 8.53. The molecule has 78 valence electrons. The highest BCUT2D eigenvalue weighted by Gasteiger charge is 2.09. The zero-order valence-electron chi connectivity index (χ0n) is 7.93. The maximum atomic E-state index is 10.4. The Bertz CT molecular complexity index is 315. The number of carbonyl (C=O) groups is 1. The number of carboxylic acids is 1. The number of aliphatic carboxylic acids is 1. The molecule has 3 N–H and O–H groups in total. The molecule has 0 saturated heterocycles. The zero-order chi connectivity index (χ0) is 9.84. The fourth-order valence-electron chi connectivity index (χ4n) is 1.21. The lowest BCUT2D eigenvalue weighted by molar-refractivity contribution is -0.137. The van der Waals surface area contributed by atoms with Crippen molar-refractivity contribution in [3.63, 3.8) is 0 Å². The summed E-state index contributed by atoms with van der Waals surface area (Å²) in [7, 11) is 0. The predicted molar refractivity (Wildman–Crippen MR) is 57.6 cm³/mol. The van der Waals surface area contributed by atoms with E-state index in [9.17, 15) is 4.79 Å². The van der Waals surface area contributed by atoms with Gasteiger partial charge in [-0.1, -0.05) is 29.8 Å². The fourth-order valence-corrected chi connectivity index (χ4v) is 1.21. The van der Waals surface area contributed by atoms with Crippen LogP contribution in [0.25, 0.3) is 0 Å². The number of nitrogens with two attached hydrogens (primary N) is 1. The van der Waals surface area contributed by atoms with Crippen molar-refractivity contribution in [1.29, 1.82) is 0 Å². The summed E-state index contributed by atoms with van der Waals surface area (Å²) in [4.78, 5) is 10.4. The van der Waals surface area contributed by atoms with Crippen LogP contribution in [0, 0.1) is 6.92 Å². The molecule has 1 aromatic carbocycles. The van der Waals surface area contributed by atoms with Crippen molar-refractivity contribution < 1.29 is 9.90 Å². The Balaban J connectivity index is 0.00000169. The van der Waals surface area contributed by atoms with Crippen molar-refractivity contribution in [2.75, 3.05) is 0 Å².